The van der Waals surface area contributed by atoms with Crippen LogP contribution >= 0.6 is 0 Å². The van der Waals surface area contributed by atoms with Gasteiger partial charge in [0.2, 0.25) is 0 Å². The first-order chi connectivity index (χ1) is 30.7. The smallest absolute Gasteiger partial charge is 0.0546 e. The minimum atomic E-state index is 1.09. The first-order valence-electron chi connectivity index (χ1n) is 21.2. The summed E-state index contributed by atoms with van der Waals surface area (Å²) in [6.07, 6.45) is 0. The van der Waals surface area contributed by atoms with Crippen molar-refractivity contribution in [2.24, 2.45) is 0 Å². The van der Waals surface area contributed by atoms with E-state index in [1.165, 1.54) is 60.1 Å². The summed E-state index contributed by atoms with van der Waals surface area (Å²) in [6.45, 7) is 0. The van der Waals surface area contributed by atoms with Crippen molar-refractivity contribution in [3.63, 3.8) is 0 Å². The van der Waals surface area contributed by atoms with Crippen LogP contribution in [0.5, 0.6) is 0 Å². The highest BCUT2D eigenvalue weighted by Gasteiger charge is 2.19. The average molecular weight is 791 g/mol. The van der Waals surface area contributed by atoms with Gasteiger partial charge in [0, 0.05) is 33.8 Å². The minimum Gasteiger partial charge on any atom is -0.311 e. The largest absolute Gasteiger partial charge is 0.311 e. The van der Waals surface area contributed by atoms with Gasteiger partial charge in [0.15, 0.2) is 0 Å². The third-order valence-corrected chi connectivity index (χ3v) is 12.0. The van der Waals surface area contributed by atoms with Crippen LogP contribution in [0.1, 0.15) is 0 Å². The van der Waals surface area contributed by atoms with Crippen molar-refractivity contribution in [3.05, 3.63) is 255 Å². The van der Waals surface area contributed by atoms with Gasteiger partial charge in [0.05, 0.1) is 5.69 Å². The van der Waals surface area contributed by atoms with E-state index in [1.807, 2.05) is 0 Å². The van der Waals surface area contributed by atoms with Gasteiger partial charge < -0.3 is 9.80 Å². The summed E-state index contributed by atoms with van der Waals surface area (Å²) in [7, 11) is 0. The van der Waals surface area contributed by atoms with Gasteiger partial charge in [0.25, 0.3) is 0 Å². The first kappa shape index (κ1) is 36.8. The molecule has 11 aromatic rings. The molecule has 292 valence electrons. The molecule has 0 aliphatic carbocycles. The van der Waals surface area contributed by atoms with Crippen LogP contribution in [-0.4, -0.2) is 0 Å². The van der Waals surface area contributed by atoms with Gasteiger partial charge in [-0.25, -0.2) is 0 Å². The predicted octanol–water partition coefficient (Wildman–Crippen LogP) is 17.1. The van der Waals surface area contributed by atoms with Gasteiger partial charge >= 0.3 is 0 Å². The Labute approximate surface area is 362 Å². The predicted molar refractivity (Wildman–Crippen MR) is 265 cm³/mol. The Kier molecular flexibility index (Phi) is 9.57. The second kappa shape index (κ2) is 16.1. The molecule has 0 atom stereocenters. The maximum Gasteiger partial charge on any atom is 0.0546 e. The lowest BCUT2D eigenvalue weighted by Gasteiger charge is -2.28. The maximum atomic E-state index is 2.39. The monoisotopic (exact) mass is 790 g/mol. The van der Waals surface area contributed by atoms with Crippen molar-refractivity contribution in [3.8, 4) is 33.4 Å². The fourth-order valence-corrected chi connectivity index (χ4v) is 8.91. The lowest BCUT2D eigenvalue weighted by molar-refractivity contribution is 1.28. The Morgan fingerprint density at radius 3 is 1.10 bits per heavy atom. The van der Waals surface area contributed by atoms with Gasteiger partial charge in [-0.1, -0.05) is 176 Å². The molecule has 0 saturated carbocycles. The standard InChI is InChI=1S/C60H42N2/c1-3-19-53(20-4-1)61(55-35-29-45(30-36-55)51-27-25-43-13-7-9-15-49(43)41-51)56-39-33-47(34-40-56)58-23-11-17-48-18-12-24-59(60(48)58)62(54-21-5-2-6-22-54)57-37-31-46(32-38-57)52-28-26-44-14-8-10-16-50(44)42-52/h1-42H. The van der Waals surface area contributed by atoms with Crippen LogP contribution in [0.3, 0.4) is 0 Å². The molecular weight excluding hydrogens is 749 g/mol. The highest BCUT2D eigenvalue weighted by molar-refractivity contribution is 6.08. The second-order valence-electron chi connectivity index (χ2n) is 15.8. The fourth-order valence-electron chi connectivity index (χ4n) is 8.91. The number of hydrogen-bond acceptors (Lipinski definition) is 2. The molecule has 2 heteroatoms. The van der Waals surface area contributed by atoms with Crippen molar-refractivity contribution in [2.45, 2.75) is 0 Å². The SMILES string of the molecule is c1ccc(N(c2ccc(-c3ccc4ccccc4c3)cc2)c2ccc(-c3cccc4cccc(N(c5ccccc5)c5ccc(-c6ccc7ccccc7c6)cc5)c34)cc2)cc1. The van der Waals surface area contributed by atoms with Crippen LogP contribution in [0, 0.1) is 0 Å². The van der Waals surface area contributed by atoms with E-state index in [4.69, 9.17) is 0 Å². The third-order valence-electron chi connectivity index (χ3n) is 12.0. The summed E-state index contributed by atoms with van der Waals surface area (Å²) in [5.74, 6) is 0. The van der Waals surface area contributed by atoms with E-state index < -0.39 is 0 Å². The van der Waals surface area contributed by atoms with Crippen molar-refractivity contribution in [2.75, 3.05) is 9.80 Å². The molecule has 62 heavy (non-hydrogen) atoms. The molecule has 2 nitrogen and oxygen atoms in total. The van der Waals surface area contributed by atoms with Crippen molar-refractivity contribution >= 4 is 66.4 Å². The van der Waals surface area contributed by atoms with E-state index in [0.717, 1.165) is 39.7 Å². The topological polar surface area (TPSA) is 6.48 Å². The van der Waals surface area contributed by atoms with Gasteiger partial charge in [-0.05, 0) is 139 Å². The molecule has 0 radical (unpaired) electrons. The number of hydrogen-bond donors (Lipinski definition) is 0. The van der Waals surface area contributed by atoms with E-state index in [-0.39, 0.29) is 0 Å². The highest BCUT2D eigenvalue weighted by Crippen LogP contribution is 2.44. The molecule has 0 aliphatic heterocycles. The molecule has 11 rings (SSSR count). The molecule has 0 heterocycles. The zero-order chi connectivity index (χ0) is 41.2. The van der Waals surface area contributed by atoms with Crippen molar-refractivity contribution < 1.29 is 0 Å². The van der Waals surface area contributed by atoms with Crippen LogP contribution in [0.15, 0.2) is 255 Å². The summed E-state index contributed by atoms with van der Waals surface area (Å²) in [5, 5.41) is 7.39. The van der Waals surface area contributed by atoms with Gasteiger partial charge in [-0.2, -0.15) is 0 Å². The third kappa shape index (κ3) is 7.04. The summed E-state index contributed by atoms with van der Waals surface area (Å²) in [6, 6.07) is 92.1. The van der Waals surface area contributed by atoms with Gasteiger partial charge in [0.1, 0.15) is 0 Å². The van der Waals surface area contributed by atoms with E-state index in [2.05, 4.69) is 265 Å². The number of fused-ring (bicyclic) bond motifs is 3. The lowest BCUT2D eigenvalue weighted by Crippen LogP contribution is -2.10. The number of para-hydroxylation sites is 2. The molecule has 0 bridgehead atoms. The second-order valence-corrected chi connectivity index (χ2v) is 15.8. The fraction of sp³-hybridized carbons (Fsp3) is 0. The van der Waals surface area contributed by atoms with E-state index in [0.29, 0.717) is 0 Å². The van der Waals surface area contributed by atoms with Gasteiger partial charge in [-0.15, -0.1) is 0 Å². The maximum absolute atomic E-state index is 2.39. The summed E-state index contributed by atoms with van der Waals surface area (Å²) < 4.78 is 0. The average Bonchev–Trinajstić information content (AvgIpc) is 3.35. The van der Waals surface area contributed by atoms with Crippen LogP contribution in [0.25, 0.3) is 65.7 Å². The normalized spacial score (nSPS) is 11.2. The molecule has 0 aliphatic rings. The highest BCUT2D eigenvalue weighted by atomic mass is 15.1. The van der Waals surface area contributed by atoms with Crippen LogP contribution in [-0.2, 0) is 0 Å². The Morgan fingerprint density at radius 2 is 0.581 bits per heavy atom. The molecule has 0 N–H and O–H groups in total. The molecule has 0 aromatic heterocycles. The number of anilines is 6. The number of rotatable bonds is 9. The van der Waals surface area contributed by atoms with Crippen molar-refractivity contribution in [1.29, 1.82) is 0 Å². The number of benzene rings is 11. The van der Waals surface area contributed by atoms with Gasteiger partial charge in [-0.3, -0.25) is 0 Å². The summed E-state index contributed by atoms with van der Waals surface area (Å²) in [4.78, 5) is 4.73. The zero-order valence-electron chi connectivity index (χ0n) is 34.1. The Balaban J connectivity index is 0.965. The Hall–Kier alpha value is -8.20. The Bertz CT molecular complexity index is 3310. The lowest BCUT2D eigenvalue weighted by atomic mass is 9.95. The number of nitrogens with zero attached hydrogens (tertiary/aromatic N) is 2. The minimum absolute atomic E-state index is 1.09. The molecule has 0 spiro atoms. The van der Waals surface area contributed by atoms with E-state index in [1.54, 1.807) is 0 Å². The van der Waals surface area contributed by atoms with Crippen LogP contribution in [0.2, 0.25) is 0 Å². The summed E-state index contributed by atoms with van der Waals surface area (Å²) in [5.41, 5.74) is 13.8. The van der Waals surface area contributed by atoms with Crippen LogP contribution in [0.4, 0.5) is 34.1 Å². The summed E-state index contributed by atoms with van der Waals surface area (Å²) >= 11 is 0. The molecule has 0 fully saturated rings. The zero-order valence-corrected chi connectivity index (χ0v) is 34.1. The molecule has 0 saturated heterocycles. The Morgan fingerprint density at radius 1 is 0.210 bits per heavy atom. The molecule has 0 unspecified atom stereocenters. The molecule has 0 amide bonds. The molecule has 11 aromatic carbocycles. The molecular formula is C60H42N2. The van der Waals surface area contributed by atoms with E-state index in [9.17, 15) is 0 Å². The van der Waals surface area contributed by atoms with E-state index >= 15 is 0 Å². The van der Waals surface area contributed by atoms with Crippen molar-refractivity contribution in [1.82, 2.24) is 0 Å². The first-order valence-corrected chi connectivity index (χ1v) is 21.2. The van der Waals surface area contributed by atoms with Crippen LogP contribution < -0.4 is 9.80 Å². The quantitative estimate of drug-likeness (QED) is 0.144.